The van der Waals surface area contributed by atoms with Crippen molar-refractivity contribution in [2.45, 2.75) is 98.1 Å². The molecule has 0 aliphatic carbocycles. The third-order valence-electron chi connectivity index (χ3n) is 22.2. The van der Waals surface area contributed by atoms with Gasteiger partial charge in [-0.1, -0.05) is 96.0 Å². The number of aromatic nitrogens is 2. The van der Waals surface area contributed by atoms with Gasteiger partial charge in [0.1, 0.15) is 17.2 Å². The molecule has 8 N–H and O–H groups in total. The Morgan fingerprint density at radius 3 is 1.19 bits per heavy atom. The highest BCUT2D eigenvalue weighted by atomic mass is 35.5. The topological polar surface area (TPSA) is 341 Å². The van der Waals surface area contributed by atoms with Crippen LogP contribution >= 0.6 is 46.7 Å². The average molecular weight is 1840 g/mol. The molecule has 0 bridgehead atoms. The molecular formula is C94H97Cl2FN12O14S4. The van der Waals surface area contributed by atoms with Crippen LogP contribution in [0.25, 0.3) is 44.8 Å². The summed E-state index contributed by atoms with van der Waals surface area (Å²) in [4.78, 5) is 58.8. The first-order chi connectivity index (χ1) is 60.9. The number of anilines is 8. The lowest BCUT2D eigenvalue weighted by atomic mass is 9.96. The minimum atomic E-state index is -4.22. The molecule has 2 saturated heterocycles. The molecule has 0 unspecified atom stereocenters. The molecule has 662 valence electrons. The van der Waals surface area contributed by atoms with Crippen LogP contribution in [0.1, 0.15) is 84.7 Å². The second-order valence-corrected chi connectivity index (χ2v) is 37.7. The van der Waals surface area contributed by atoms with Gasteiger partial charge in [0.05, 0.1) is 42.2 Å². The normalized spacial score (nSPS) is 13.6. The maximum Gasteiger partial charge on any atom is 0.338 e. The molecule has 10 aromatic carbocycles. The van der Waals surface area contributed by atoms with Crippen molar-refractivity contribution in [3.63, 3.8) is 0 Å². The van der Waals surface area contributed by atoms with Crippen molar-refractivity contribution < 1.29 is 61.1 Å². The lowest BCUT2D eigenvalue weighted by Crippen LogP contribution is -2.46. The SMILES string of the molecule is Cc1c(C(=O)O)c(-c2cc(F)cc(N3CCN(c4ccc(NS(=O)(=O)c5ccc(N[C@H](CCO)CSc6ccccc6)c([N+](=O)[O-])c5)cc4)CC3)c2)c(-c2ccc(Cl)cc2)n1C(C)C.Cc1c(C(=O)O)c(-c2cccc(N3CCN(c4ccc(NS(=O)(=O)c5ccc(N[C@H](CCO)CSc6ccccc6)c([N+](=O)[O-])c5)cc4)CC3)c2)c(-c2ccc(Cl)cc2)n1C(C)C. The van der Waals surface area contributed by atoms with Crippen LogP contribution in [0, 0.1) is 39.9 Å². The number of aromatic carboxylic acids is 2. The number of hydrogen-bond acceptors (Lipinski definition) is 20. The maximum absolute atomic E-state index is 15.6. The van der Waals surface area contributed by atoms with Crippen LogP contribution < -0.4 is 39.7 Å². The third kappa shape index (κ3) is 22.1. The van der Waals surface area contributed by atoms with Crippen molar-refractivity contribution in [2.24, 2.45) is 0 Å². The molecule has 2 aliphatic rings. The zero-order chi connectivity index (χ0) is 90.5. The minimum Gasteiger partial charge on any atom is -0.478 e. The first kappa shape index (κ1) is 92.6. The van der Waals surface area contributed by atoms with Gasteiger partial charge in [0.25, 0.3) is 31.4 Å². The fourth-order valence-corrected chi connectivity index (χ4v) is 20.6. The highest BCUT2D eigenvalue weighted by Gasteiger charge is 2.34. The van der Waals surface area contributed by atoms with Crippen LogP contribution in [0.15, 0.2) is 256 Å². The number of piperazine rings is 2. The summed E-state index contributed by atoms with van der Waals surface area (Å²) in [5.41, 5.74) is 10.5. The highest BCUT2D eigenvalue weighted by Crippen LogP contribution is 2.46. The fraction of sp³-hybridized carbons (Fsp3) is 0.255. The van der Waals surface area contributed by atoms with E-state index < -0.39 is 53.3 Å². The summed E-state index contributed by atoms with van der Waals surface area (Å²) in [6.07, 6.45) is 0.673. The second-order valence-electron chi connectivity index (χ2n) is 31.2. The van der Waals surface area contributed by atoms with Crippen molar-refractivity contribution in [3.8, 4) is 44.8 Å². The van der Waals surface area contributed by atoms with Gasteiger partial charge < -0.3 is 59.8 Å². The molecule has 127 heavy (non-hydrogen) atoms. The second kappa shape index (κ2) is 41.1. The molecule has 2 atom stereocenters. The van der Waals surface area contributed by atoms with Crippen LogP contribution in [0.4, 0.5) is 61.3 Å². The molecule has 2 fully saturated rings. The van der Waals surface area contributed by atoms with Crippen molar-refractivity contribution in [2.75, 3.05) is 117 Å². The zero-order valence-electron chi connectivity index (χ0n) is 70.4. The Morgan fingerprint density at radius 2 is 0.819 bits per heavy atom. The van der Waals surface area contributed by atoms with Gasteiger partial charge in [-0.15, -0.1) is 23.5 Å². The van der Waals surface area contributed by atoms with Gasteiger partial charge in [-0.3, -0.25) is 29.7 Å². The number of thioether (sulfide) groups is 2. The Labute approximate surface area is 755 Å². The molecule has 4 heterocycles. The van der Waals surface area contributed by atoms with Crippen LogP contribution in [0.3, 0.4) is 0 Å². The monoisotopic (exact) mass is 1830 g/mol. The number of nitrogens with one attached hydrogen (secondary N) is 4. The molecule has 14 rings (SSSR count). The molecular weight excluding hydrogens is 1740 g/mol. The smallest absolute Gasteiger partial charge is 0.338 e. The molecule has 0 amide bonds. The first-order valence-corrected chi connectivity index (χ1v) is 46.9. The van der Waals surface area contributed by atoms with Crippen LogP contribution in [-0.2, 0) is 20.0 Å². The number of halogens is 3. The number of carbonyl (C=O) groups is 2. The number of carboxylic acid groups (broad SMARTS) is 2. The average Bonchev–Trinajstić information content (AvgIpc) is 1.59. The summed E-state index contributed by atoms with van der Waals surface area (Å²) in [5, 5.41) is 72.0. The van der Waals surface area contributed by atoms with E-state index >= 15 is 4.39 Å². The summed E-state index contributed by atoms with van der Waals surface area (Å²) in [6.45, 7) is 16.3. The zero-order valence-corrected chi connectivity index (χ0v) is 75.2. The number of nitrogens with zero attached hydrogens (tertiary/aromatic N) is 8. The number of nitro benzene ring substituents is 2. The standard InChI is InChI=1S/C47H48ClFN6O7S2.C47H49ClN6O7S2/c1-30(2)54-31(3)44(47(57)58)45(46(54)32-9-11-34(48)12-10-32)33-25-35(49)27-39(26-33)53-22-20-52(21-23-53)38-15-13-36(14-16-38)51-64(61,62)41-17-18-42(43(28-41)55(59)60)50-37(19-24-56)29-63-40-7-5-4-6-8-40;1-31(2)53-32(3)44(47(56)57)45(46(53)33-12-14-35(48)15-13-33)34-8-7-9-39(28-34)52-25-23-51(24-26-52)38-18-16-36(17-19-38)50-63(60,61)41-20-21-42(43(29-41)54(58)59)49-37(22-27-55)30-62-40-10-5-4-6-11-40/h4-18,25-28,30,37,50-51,56H,19-24,29H2,1-3H3,(H,57,58);4-21,28-29,31,37,49-50,55H,22-27,30H2,1-3H3,(H,56,57)/t2*37-/m11/s1. The largest absolute Gasteiger partial charge is 0.478 e. The van der Waals surface area contributed by atoms with Gasteiger partial charge in [-0.05, 0) is 228 Å². The number of aliphatic hydroxyl groups excluding tert-OH is 2. The predicted octanol–water partition coefficient (Wildman–Crippen LogP) is 20.2. The minimum absolute atomic E-state index is 0.00431. The summed E-state index contributed by atoms with van der Waals surface area (Å²) in [7, 11) is -8.41. The summed E-state index contributed by atoms with van der Waals surface area (Å²) in [6, 6.07) is 67.1. The Hall–Kier alpha value is -12.1. The van der Waals surface area contributed by atoms with Gasteiger partial charge in [-0.2, -0.15) is 0 Å². The number of sulfonamides is 2. The van der Waals surface area contributed by atoms with E-state index in [2.05, 4.69) is 50.3 Å². The van der Waals surface area contributed by atoms with E-state index in [-0.39, 0.29) is 81.0 Å². The van der Waals surface area contributed by atoms with E-state index in [1.807, 2.05) is 173 Å². The molecule has 12 aromatic rings. The molecule has 33 heteroatoms. The number of rotatable bonds is 34. The lowest BCUT2D eigenvalue weighted by molar-refractivity contribution is -0.384. The Kier molecular flexibility index (Phi) is 30.0. The van der Waals surface area contributed by atoms with E-state index in [4.69, 9.17) is 23.2 Å². The maximum atomic E-state index is 15.6. The van der Waals surface area contributed by atoms with Crippen LogP contribution in [0.2, 0.25) is 10.0 Å². The molecule has 0 saturated carbocycles. The Morgan fingerprint density at radius 1 is 0.449 bits per heavy atom. The van der Waals surface area contributed by atoms with E-state index in [1.54, 1.807) is 67.2 Å². The van der Waals surface area contributed by atoms with Gasteiger partial charge in [0.15, 0.2) is 0 Å². The quantitative estimate of drug-likeness (QED) is 0.0105. The van der Waals surface area contributed by atoms with E-state index in [0.29, 0.717) is 132 Å². The van der Waals surface area contributed by atoms with Crippen LogP contribution in [-0.4, -0.2) is 157 Å². The van der Waals surface area contributed by atoms with E-state index in [1.165, 1.54) is 48.2 Å². The summed E-state index contributed by atoms with van der Waals surface area (Å²) >= 11 is 15.5. The summed E-state index contributed by atoms with van der Waals surface area (Å²) < 4.78 is 78.7. The predicted molar refractivity (Wildman–Crippen MR) is 507 cm³/mol. The van der Waals surface area contributed by atoms with Gasteiger partial charge in [0, 0.05) is 190 Å². The van der Waals surface area contributed by atoms with Gasteiger partial charge in [-0.25, -0.2) is 30.8 Å². The molecule has 2 aromatic heterocycles. The number of aliphatic hydroxyl groups is 2. The number of hydrogen-bond donors (Lipinski definition) is 8. The molecule has 0 spiro atoms. The van der Waals surface area contributed by atoms with Crippen LogP contribution in [0.5, 0.6) is 0 Å². The number of benzene rings is 10. The van der Waals surface area contributed by atoms with Gasteiger partial charge >= 0.3 is 11.9 Å². The van der Waals surface area contributed by atoms with Gasteiger partial charge in [0.2, 0.25) is 0 Å². The summed E-state index contributed by atoms with van der Waals surface area (Å²) in [5.74, 6) is -1.55. The lowest BCUT2D eigenvalue weighted by Gasteiger charge is -2.37. The molecule has 2 aliphatic heterocycles. The van der Waals surface area contributed by atoms with Crippen molar-refractivity contribution in [1.29, 1.82) is 0 Å². The Balaban J connectivity index is 0.000000217. The van der Waals surface area contributed by atoms with Crippen molar-refractivity contribution in [1.82, 2.24) is 9.13 Å². The van der Waals surface area contributed by atoms with E-state index in [9.17, 15) is 67.1 Å². The van der Waals surface area contributed by atoms with E-state index in [0.717, 1.165) is 61.4 Å². The molecule has 26 nitrogen and oxygen atoms in total. The third-order valence-corrected chi connectivity index (χ3v) is 27.8. The van der Waals surface area contributed by atoms with Crippen molar-refractivity contribution in [3.05, 3.63) is 295 Å². The first-order valence-electron chi connectivity index (χ1n) is 41.2. The Bertz CT molecular complexity index is 6190. The fourth-order valence-electron chi connectivity index (χ4n) is 16.2. The van der Waals surface area contributed by atoms with Crippen molar-refractivity contribution >= 4 is 136 Å². The number of carboxylic acids is 2. The molecule has 0 radical (unpaired) electrons. The number of nitro groups is 2. The highest BCUT2D eigenvalue weighted by molar-refractivity contribution is 7.99.